The second-order valence-electron chi connectivity index (χ2n) is 2.77. The summed E-state index contributed by atoms with van der Waals surface area (Å²) in [5, 5.41) is 0. The summed E-state index contributed by atoms with van der Waals surface area (Å²) in [5.41, 5.74) is 0. The Morgan fingerprint density at radius 1 is 1.38 bits per heavy atom. The van der Waals surface area contributed by atoms with Crippen LogP contribution in [0.1, 0.15) is 13.8 Å². The molecular formula is C8H11F3O2. The Morgan fingerprint density at radius 2 is 1.85 bits per heavy atom. The van der Waals surface area contributed by atoms with Gasteiger partial charge in [0, 0.05) is 12.0 Å². The molecule has 0 saturated carbocycles. The molecule has 0 heterocycles. The zero-order valence-electron chi connectivity index (χ0n) is 7.61. The third kappa shape index (κ3) is 3.96. The van der Waals surface area contributed by atoms with Crippen LogP contribution in [0.5, 0.6) is 0 Å². The maximum Gasteiger partial charge on any atom is 0.454 e. The van der Waals surface area contributed by atoms with Crippen molar-refractivity contribution in [1.29, 1.82) is 0 Å². The van der Waals surface area contributed by atoms with E-state index in [2.05, 4.69) is 4.74 Å². The van der Waals surface area contributed by atoms with E-state index in [1.54, 1.807) is 13.8 Å². The number of halogens is 3. The van der Waals surface area contributed by atoms with Gasteiger partial charge in [-0.3, -0.25) is 4.79 Å². The molecule has 0 N–H and O–H groups in total. The van der Waals surface area contributed by atoms with Crippen molar-refractivity contribution in [2.75, 3.05) is 7.11 Å². The fraction of sp³-hybridized carbons (Fsp3) is 0.625. The van der Waals surface area contributed by atoms with Crippen molar-refractivity contribution in [2.45, 2.75) is 20.0 Å². The Bertz CT molecular complexity index is 216. The van der Waals surface area contributed by atoms with Crippen LogP contribution in [-0.4, -0.2) is 19.1 Å². The van der Waals surface area contributed by atoms with E-state index in [1.165, 1.54) is 7.11 Å². The highest BCUT2D eigenvalue weighted by Gasteiger charge is 2.37. The van der Waals surface area contributed by atoms with Crippen LogP contribution in [0.25, 0.3) is 0 Å². The molecule has 0 aromatic rings. The lowest BCUT2D eigenvalue weighted by Crippen LogP contribution is -2.21. The summed E-state index contributed by atoms with van der Waals surface area (Å²) < 4.78 is 39.9. The van der Waals surface area contributed by atoms with Crippen molar-refractivity contribution in [3.05, 3.63) is 11.8 Å². The van der Waals surface area contributed by atoms with Crippen LogP contribution < -0.4 is 0 Å². The monoisotopic (exact) mass is 196 g/mol. The average molecular weight is 196 g/mol. The van der Waals surface area contributed by atoms with Gasteiger partial charge in [-0.25, -0.2) is 0 Å². The Labute approximate surface area is 74.4 Å². The highest BCUT2D eigenvalue weighted by Crippen LogP contribution is 2.19. The van der Waals surface area contributed by atoms with Crippen LogP contribution in [0.2, 0.25) is 0 Å². The van der Waals surface area contributed by atoms with Gasteiger partial charge >= 0.3 is 6.18 Å². The normalized spacial score (nSPS) is 13.3. The molecule has 0 rings (SSSR count). The number of ketones is 1. The average Bonchev–Trinajstić information content (AvgIpc) is 1.96. The molecule has 0 amide bonds. The molecule has 0 atom stereocenters. The third-order valence-corrected chi connectivity index (χ3v) is 1.36. The van der Waals surface area contributed by atoms with Gasteiger partial charge in [0.2, 0.25) is 0 Å². The van der Waals surface area contributed by atoms with Gasteiger partial charge in [-0.1, -0.05) is 13.8 Å². The van der Waals surface area contributed by atoms with Crippen LogP contribution in [-0.2, 0) is 9.53 Å². The lowest BCUT2D eigenvalue weighted by molar-refractivity contribution is -0.165. The maximum absolute atomic E-state index is 11.8. The minimum Gasteiger partial charge on any atom is -0.501 e. The topological polar surface area (TPSA) is 26.3 Å². The molecule has 0 spiro atoms. The second-order valence-corrected chi connectivity index (χ2v) is 2.77. The maximum atomic E-state index is 11.8. The van der Waals surface area contributed by atoms with Gasteiger partial charge in [0.25, 0.3) is 5.78 Å². The molecule has 13 heavy (non-hydrogen) atoms. The molecule has 5 heteroatoms. The number of alkyl halides is 3. The van der Waals surface area contributed by atoms with Crippen LogP contribution >= 0.6 is 0 Å². The Kier molecular flexibility index (Phi) is 3.97. The summed E-state index contributed by atoms with van der Waals surface area (Å²) in [6.45, 7) is 3.28. The number of rotatable bonds is 3. The standard InChI is InChI=1S/C8H11F3O2/c1-5(2)6(13-3)4-7(12)8(9,10)11/h4-5H,1-3H3. The van der Waals surface area contributed by atoms with Crippen molar-refractivity contribution >= 4 is 5.78 Å². The molecule has 0 fully saturated rings. The van der Waals surface area contributed by atoms with Crippen molar-refractivity contribution in [3.8, 4) is 0 Å². The second kappa shape index (κ2) is 4.30. The first-order chi connectivity index (χ1) is 5.79. The highest BCUT2D eigenvalue weighted by atomic mass is 19.4. The van der Waals surface area contributed by atoms with E-state index in [0.29, 0.717) is 6.08 Å². The lowest BCUT2D eigenvalue weighted by atomic mass is 10.1. The van der Waals surface area contributed by atoms with Gasteiger partial charge in [-0.05, 0) is 0 Å². The van der Waals surface area contributed by atoms with Crippen molar-refractivity contribution < 1.29 is 22.7 Å². The summed E-state index contributed by atoms with van der Waals surface area (Å²) in [5.74, 6) is -2.10. The van der Waals surface area contributed by atoms with E-state index in [0.717, 1.165) is 0 Å². The molecule has 0 aromatic heterocycles. The molecule has 0 aromatic carbocycles. The lowest BCUT2D eigenvalue weighted by Gasteiger charge is -2.09. The number of allylic oxidation sites excluding steroid dienone is 2. The van der Waals surface area contributed by atoms with Crippen molar-refractivity contribution in [1.82, 2.24) is 0 Å². The molecular weight excluding hydrogens is 185 g/mol. The zero-order chi connectivity index (χ0) is 10.6. The minimum atomic E-state index is -4.82. The van der Waals surface area contributed by atoms with Crippen LogP contribution in [0.3, 0.4) is 0 Å². The van der Waals surface area contributed by atoms with Gasteiger partial charge in [0.1, 0.15) is 5.76 Å². The Balaban J connectivity index is 4.62. The summed E-state index contributed by atoms with van der Waals surface area (Å²) in [7, 11) is 1.23. The Morgan fingerprint density at radius 3 is 2.08 bits per heavy atom. The number of carbonyl (C=O) groups excluding carboxylic acids is 1. The number of hydrogen-bond acceptors (Lipinski definition) is 2. The molecule has 0 aliphatic carbocycles. The van der Waals surface area contributed by atoms with Gasteiger partial charge in [0.05, 0.1) is 7.11 Å². The summed E-state index contributed by atoms with van der Waals surface area (Å²) in [4.78, 5) is 10.5. The quantitative estimate of drug-likeness (QED) is 0.511. The van der Waals surface area contributed by atoms with Crippen LogP contribution in [0, 0.1) is 5.92 Å². The molecule has 2 nitrogen and oxygen atoms in total. The number of methoxy groups -OCH3 is 1. The third-order valence-electron chi connectivity index (χ3n) is 1.36. The molecule has 0 radical (unpaired) electrons. The van der Waals surface area contributed by atoms with Gasteiger partial charge in [-0.2, -0.15) is 13.2 Å². The first kappa shape index (κ1) is 12.0. The largest absolute Gasteiger partial charge is 0.501 e. The van der Waals surface area contributed by atoms with E-state index in [4.69, 9.17) is 0 Å². The van der Waals surface area contributed by atoms with E-state index in [9.17, 15) is 18.0 Å². The van der Waals surface area contributed by atoms with E-state index < -0.39 is 12.0 Å². The molecule has 0 unspecified atom stereocenters. The number of hydrogen-bond donors (Lipinski definition) is 0. The summed E-state index contributed by atoms with van der Waals surface area (Å²) in [6, 6.07) is 0. The predicted octanol–water partition coefficient (Wildman–Crippen LogP) is 2.30. The van der Waals surface area contributed by atoms with Gasteiger partial charge < -0.3 is 4.74 Å². The predicted molar refractivity (Wildman–Crippen MR) is 41.0 cm³/mol. The van der Waals surface area contributed by atoms with Gasteiger partial charge in [0.15, 0.2) is 0 Å². The fourth-order valence-electron chi connectivity index (χ4n) is 0.672. The molecule has 0 aliphatic rings. The zero-order valence-corrected chi connectivity index (χ0v) is 7.61. The molecule has 0 aliphatic heterocycles. The SMILES string of the molecule is COC(=CC(=O)C(F)(F)F)C(C)C. The van der Waals surface area contributed by atoms with E-state index in [-0.39, 0.29) is 11.7 Å². The van der Waals surface area contributed by atoms with E-state index >= 15 is 0 Å². The first-order valence-corrected chi connectivity index (χ1v) is 3.65. The first-order valence-electron chi connectivity index (χ1n) is 3.65. The fourth-order valence-corrected chi connectivity index (χ4v) is 0.672. The highest BCUT2D eigenvalue weighted by molar-refractivity contribution is 5.94. The number of carbonyl (C=O) groups is 1. The summed E-state index contributed by atoms with van der Waals surface area (Å²) in [6.07, 6.45) is -4.34. The molecule has 76 valence electrons. The summed E-state index contributed by atoms with van der Waals surface area (Å²) >= 11 is 0. The Hall–Kier alpha value is -1.00. The molecule has 0 bridgehead atoms. The van der Waals surface area contributed by atoms with Gasteiger partial charge in [-0.15, -0.1) is 0 Å². The van der Waals surface area contributed by atoms with Crippen molar-refractivity contribution in [2.24, 2.45) is 5.92 Å². The molecule has 0 saturated heterocycles. The van der Waals surface area contributed by atoms with E-state index in [1.807, 2.05) is 0 Å². The number of ether oxygens (including phenoxy) is 1. The van der Waals surface area contributed by atoms with Crippen molar-refractivity contribution in [3.63, 3.8) is 0 Å². The van der Waals surface area contributed by atoms with Crippen LogP contribution in [0.15, 0.2) is 11.8 Å². The van der Waals surface area contributed by atoms with Crippen LogP contribution in [0.4, 0.5) is 13.2 Å². The smallest absolute Gasteiger partial charge is 0.454 e. The minimum absolute atomic E-state index is 0.0299.